The third kappa shape index (κ3) is 9.68. The van der Waals surface area contributed by atoms with Gasteiger partial charge >= 0.3 is 0 Å². The number of allylic oxidation sites excluding steroid dienone is 1. The van der Waals surface area contributed by atoms with Crippen LogP contribution in [0.4, 0.5) is 8.78 Å². The fraction of sp³-hybridized carbons (Fsp3) is 0.769. The third-order valence-electron chi connectivity index (χ3n) is 2.44. The highest BCUT2D eigenvalue weighted by Gasteiger charge is 2.26. The Balaban J connectivity index is 3.50. The first-order chi connectivity index (χ1) is 7.12. The average Bonchev–Trinajstić information content (AvgIpc) is 2.17. The van der Waals surface area contributed by atoms with E-state index in [1.54, 1.807) is 6.08 Å². The zero-order chi connectivity index (χ0) is 11.6. The molecule has 15 heavy (non-hydrogen) atoms. The highest BCUT2D eigenvalue weighted by molar-refractivity contribution is 4.79. The highest BCUT2D eigenvalue weighted by atomic mass is 19.3. The van der Waals surface area contributed by atoms with Gasteiger partial charge in [0.25, 0.3) is 0 Å². The van der Waals surface area contributed by atoms with E-state index in [-0.39, 0.29) is 12.8 Å². The Labute approximate surface area is 92.1 Å². The Kier molecular flexibility index (Phi) is 8.31. The summed E-state index contributed by atoms with van der Waals surface area (Å²) >= 11 is 0. The minimum absolute atomic E-state index is 0.0295. The van der Waals surface area contributed by atoms with Crippen molar-refractivity contribution in [2.75, 3.05) is 0 Å². The summed E-state index contributed by atoms with van der Waals surface area (Å²) in [6, 6.07) is 0. The summed E-state index contributed by atoms with van der Waals surface area (Å²) in [6.45, 7) is 5.47. The van der Waals surface area contributed by atoms with Crippen LogP contribution in [0.3, 0.4) is 0 Å². The first-order valence-corrected chi connectivity index (χ1v) is 5.84. The van der Waals surface area contributed by atoms with E-state index in [1.807, 2.05) is 0 Å². The summed E-state index contributed by atoms with van der Waals surface area (Å²) in [6.07, 6.45) is 6.89. The van der Waals surface area contributed by atoms with Crippen LogP contribution in [0.5, 0.6) is 0 Å². The summed E-state index contributed by atoms with van der Waals surface area (Å²) in [5.41, 5.74) is 2.52. The molecule has 2 heteroatoms. The maximum Gasteiger partial charge on any atom is 0.248 e. The van der Waals surface area contributed by atoms with E-state index in [9.17, 15) is 8.78 Å². The van der Waals surface area contributed by atoms with E-state index in [4.69, 9.17) is 0 Å². The molecule has 0 radical (unpaired) electrons. The predicted octanol–water partition coefficient (Wildman–Crippen LogP) is 5.10. The van der Waals surface area contributed by atoms with Gasteiger partial charge < -0.3 is 0 Å². The molecule has 0 atom stereocenters. The van der Waals surface area contributed by atoms with Crippen LogP contribution in [0.25, 0.3) is 0 Å². The van der Waals surface area contributed by atoms with Crippen molar-refractivity contribution in [1.82, 2.24) is 0 Å². The molecule has 0 bridgehead atoms. The lowest BCUT2D eigenvalue weighted by Crippen LogP contribution is -2.15. The standard InChI is InChI=1S/C13H22F2/c1-3-5-7-8-10-12-13(14,15)11-9-6-4-2/h6H,2-3,5,7-12H2,1H3. The Morgan fingerprint density at radius 3 is 2.40 bits per heavy atom. The minimum Gasteiger partial charge on any atom is -0.207 e. The van der Waals surface area contributed by atoms with Gasteiger partial charge in [-0.25, -0.2) is 8.78 Å². The number of unbranched alkanes of at least 4 members (excludes halogenated alkanes) is 4. The summed E-state index contributed by atoms with van der Waals surface area (Å²) in [5.74, 6) is -2.50. The zero-order valence-corrected chi connectivity index (χ0v) is 9.70. The number of hydrogen-bond donors (Lipinski definition) is 0. The molecule has 0 aliphatic rings. The molecule has 0 rings (SSSR count). The second-order valence-electron chi connectivity index (χ2n) is 3.97. The van der Waals surface area contributed by atoms with Crippen molar-refractivity contribution in [2.24, 2.45) is 0 Å². The van der Waals surface area contributed by atoms with Crippen molar-refractivity contribution in [3.05, 3.63) is 18.4 Å². The Morgan fingerprint density at radius 1 is 1.13 bits per heavy atom. The molecule has 0 nitrogen and oxygen atoms in total. The van der Waals surface area contributed by atoms with Crippen LogP contribution in [-0.4, -0.2) is 5.92 Å². The van der Waals surface area contributed by atoms with Crippen LogP contribution in [0.2, 0.25) is 0 Å². The van der Waals surface area contributed by atoms with E-state index >= 15 is 0 Å². The van der Waals surface area contributed by atoms with Gasteiger partial charge in [-0.05, 0) is 18.9 Å². The summed E-state index contributed by atoms with van der Waals surface area (Å²) in [7, 11) is 0. The van der Waals surface area contributed by atoms with Gasteiger partial charge in [0.1, 0.15) is 0 Å². The van der Waals surface area contributed by atoms with Crippen molar-refractivity contribution in [3.63, 3.8) is 0 Å². The van der Waals surface area contributed by atoms with Gasteiger partial charge in [-0.3, -0.25) is 0 Å². The second kappa shape index (κ2) is 8.67. The van der Waals surface area contributed by atoms with E-state index in [1.165, 1.54) is 0 Å². The molecule has 0 aliphatic heterocycles. The first-order valence-electron chi connectivity index (χ1n) is 5.84. The monoisotopic (exact) mass is 216 g/mol. The smallest absolute Gasteiger partial charge is 0.207 e. The fourth-order valence-electron chi connectivity index (χ4n) is 1.50. The van der Waals surface area contributed by atoms with Crippen LogP contribution < -0.4 is 0 Å². The van der Waals surface area contributed by atoms with Crippen molar-refractivity contribution in [1.29, 1.82) is 0 Å². The SMILES string of the molecule is C=C=CCCC(F)(F)CCCCCCC. The van der Waals surface area contributed by atoms with E-state index in [0.717, 1.165) is 25.7 Å². The largest absolute Gasteiger partial charge is 0.248 e. The first kappa shape index (κ1) is 14.4. The molecule has 0 N–H and O–H groups in total. The minimum atomic E-state index is -2.50. The summed E-state index contributed by atoms with van der Waals surface area (Å²) in [5, 5.41) is 0. The average molecular weight is 216 g/mol. The Morgan fingerprint density at radius 2 is 1.80 bits per heavy atom. The summed E-state index contributed by atoms with van der Waals surface area (Å²) < 4.78 is 26.4. The molecule has 0 aliphatic carbocycles. The van der Waals surface area contributed by atoms with Crippen LogP contribution in [0.1, 0.15) is 58.3 Å². The van der Waals surface area contributed by atoms with Gasteiger partial charge in [0.05, 0.1) is 0 Å². The van der Waals surface area contributed by atoms with Crippen LogP contribution in [-0.2, 0) is 0 Å². The molecule has 0 fully saturated rings. The Bertz CT molecular complexity index is 191. The normalized spacial score (nSPS) is 11.1. The molecule has 0 aromatic rings. The fourth-order valence-corrected chi connectivity index (χ4v) is 1.50. The number of alkyl halides is 2. The number of rotatable bonds is 9. The predicted molar refractivity (Wildman–Crippen MR) is 61.3 cm³/mol. The van der Waals surface area contributed by atoms with Crippen molar-refractivity contribution >= 4 is 0 Å². The van der Waals surface area contributed by atoms with Gasteiger partial charge in [0, 0.05) is 12.8 Å². The quantitative estimate of drug-likeness (QED) is 0.371. The van der Waals surface area contributed by atoms with Crippen LogP contribution in [0, 0.1) is 0 Å². The number of hydrogen-bond acceptors (Lipinski definition) is 0. The van der Waals surface area contributed by atoms with E-state index in [2.05, 4.69) is 19.2 Å². The van der Waals surface area contributed by atoms with Crippen molar-refractivity contribution in [2.45, 2.75) is 64.2 Å². The second-order valence-corrected chi connectivity index (χ2v) is 3.97. The molecule has 0 saturated heterocycles. The lowest BCUT2D eigenvalue weighted by molar-refractivity contribution is -0.0174. The van der Waals surface area contributed by atoms with Gasteiger partial charge in [-0.1, -0.05) is 39.2 Å². The van der Waals surface area contributed by atoms with Crippen LogP contribution >= 0.6 is 0 Å². The van der Waals surface area contributed by atoms with Gasteiger partial charge in [-0.15, -0.1) is 5.73 Å². The molecule has 88 valence electrons. The van der Waals surface area contributed by atoms with Crippen molar-refractivity contribution < 1.29 is 8.78 Å². The highest BCUT2D eigenvalue weighted by Crippen LogP contribution is 2.27. The third-order valence-corrected chi connectivity index (χ3v) is 2.44. The molecule has 0 spiro atoms. The lowest BCUT2D eigenvalue weighted by Gasteiger charge is -2.14. The molecule has 0 aromatic heterocycles. The maximum absolute atomic E-state index is 13.2. The molecule has 0 aromatic carbocycles. The van der Waals surface area contributed by atoms with E-state index in [0.29, 0.717) is 12.8 Å². The van der Waals surface area contributed by atoms with Crippen LogP contribution in [0.15, 0.2) is 18.4 Å². The lowest BCUT2D eigenvalue weighted by atomic mass is 10.0. The maximum atomic E-state index is 13.2. The van der Waals surface area contributed by atoms with Gasteiger partial charge in [0.15, 0.2) is 0 Å². The molecular weight excluding hydrogens is 194 g/mol. The molecule has 0 heterocycles. The molecule has 0 unspecified atom stereocenters. The number of halogens is 2. The van der Waals surface area contributed by atoms with E-state index < -0.39 is 5.92 Å². The Hall–Kier alpha value is -0.620. The molecular formula is C13H22F2. The van der Waals surface area contributed by atoms with Crippen molar-refractivity contribution in [3.8, 4) is 0 Å². The molecule has 0 saturated carbocycles. The topological polar surface area (TPSA) is 0 Å². The zero-order valence-electron chi connectivity index (χ0n) is 9.70. The molecule has 0 amide bonds. The van der Waals surface area contributed by atoms with Gasteiger partial charge in [0.2, 0.25) is 5.92 Å². The van der Waals surface area contributed by atoms with Gasteiger partial charge in [-0.2, -0.15) is 0 Å². The summed E-state index contributed by atoms with van der Waals surface area (Å²) in [4.78, 5) is 0.